The van der Waals surface area contributed by atoms with Gasteiger partial charge in [-0.15, -0.1) is 0 Å². The van der Waals surface area contributed by atoms with Crippen molar-refractivity contribution in [3.8, 4) is 12.1 Å². The van der Waals surface area contributed by atoms with Crippen LogP contribution in [0.1, 0.15) is 25.0 Å². The molecule has 0 radical (unpaired) electrons. The fourth-order valence-corrected chi connectivity index (χ4v) is 3.33. The van der Waals surface area contributed by atoms with E-state index in [1.54, 1.807) is 50.2 Å². The second-order valence-electron chi connectivity index (χ2n) is 5.37. The maximum absolute atomic E-state index is 8.93. The van der Waals surface area contributed by atoms with Crippen LogP contribution in [-0.4, -0.2) is 0 Å². The summed E-state index contributed by atoms with van der Waals surface area (Å²) in [6, 6.07) is 14.6. The first-order chi connectivity index (χ1) is 11.2. The molecule has 2 aromatic carbocycles. The summed E-state index contributed by atoms with van der Waals surface area (Å²) >= 11 is 23.5. The van der Waals surface area contributed by atoms with Gasteiger partial charge in [0.15, 0.2) is 0 Å². The Hall–Kier alpha value is -1.42. The quantitative estimate of drug-likeness (QED) is 0.553. The van der Waals surface area contributed by atoms with Gasteiger partial charge in [0.25, 0.3) is 0 Å². The monoisotopic (exact) mass is 398 g/mol. The minimum absolute atomic E-state index is 0.262. The fraction of sp³-hybridized carbons (Fsp3) is 0.222. The zero-order valence-corrected chi connectivity index (χ0v) is 16.1. The van der Waals surface area contributed by atoms with Crippen molar-refractivity contribution in [1.29, 1.82) is 10.5 Å². The van der Waals surface area contributed by atoms with Crippen molar-refractivity contribution in [3.05, 3.63) is 67.6 Å². The maximum atomic E-state index is 8.93. The largest absolute Gasteiger partial charge is 0.198 e. The maximum Gasteiger partial charge on any atom is 0.0795 e. The van der Waals surface area contributed by atoms with Crippen LogP contribution < -0.4 is 0 Å². The zero-order valence-electron chi connectivity index (χ0n) is 13.1. The predicted molar refractivity (Wildman–Crippen MR) is 101 cm³/mol. The first-order valence-corrected chi connectivity index (χ1v) is 8.41. The SMILES string of the molecule is CC(C)(C#N)c1c(Cl)cccc1Cl.N#CCc1c(Cl)cccc1Cl. The molecule has 0 unspecified atom stereocenters. The Balaban J connectivity index is 0.000000243. The Morgan fingerprint density at radius 1 is 0.833 bits per heavy atom. The zero-order chi connectivity index (χ0) is 18.3. The molecule has 24 heavy (non-hydrogen) atoms. The van der Waals surface area contributed by atoms with Crippen LogP contribution in [-0.2, 0) is 11.8 Å². The number of benzene rings is 2. The molecular formula is C18H14Cl4N2. The van der Waals surface area contributed by atoms with Crippen LogP contribution in [0, 0.1) is 22.7 Å². The van der Waals surface area contributed by atoms with Crippen molar-refractivity contribution in [3.63, 3.8) is 0 Å². The Morgan fingerprint density at radius 2 is 1.25 bits per heavy atom. The summed E-state index contributed by atoms with van der Waals surface area (Å²) in [5, 5.41) is 19.5. The highest BCUT2D eigenvalue weighted by Gasteiger charge is 2.25. The lowest BCUT2D eigenvalue weighted by molar-refractivity contribution is 0.687. The molecule has 0 N–H and O–H groups in total. The first kappa shape index (κ1) is 20.6. The van der Waals surface area contributed by atoms with Crippen LogP contribution in [0.4, 0.5) is 0 Å². The normalized spacial score (nSPS) is 10.2. The van der Waals surface area contributed by atoms with Gasteiger partial charge in [-0.05, 0) is 38.1 Å². The topological polar surface area (TPSA) is 47.6 Å². The van der Waals surface area contributed by atoms with Crippen molar-refractivity contribution in [1.82, 2.24) is 0 Å². The molecule has 0 heterocycles. The molecule has 2 aromatic rings. The highest BCUT2D eigenvalue weighted by Crippen LogP contribution is 2.34. The van der Waals surface area contributed by atoms with Gasteiger partial charge < -0.3 is 0 Å². The highest BCUT2D eigenvalue weighted by molar-refractivity contribution is 6.36. The average Bonchev–Trinajstić information content (AvgIpc) is 2.51. The van der Waals surface area contributed by atoms with Crippen molar-refractivity contribution in [2.45, 2.75) is 25.7 Å². The number of nitriles is 2. The summed E-state index contributed by atoms with van der Waals surface area (Å²) in [5.74, 6) is 0. The summed E-state index contributed by atoms with van der Waals surface area (Å²) in [6.07, 6.45) is 0.262. The van der Waals surface area contributed by atoms with Gasteiger partial charge in [-0.25, -0.2) is 0 Å². The van der Waals surface area contributed by atoms with E-state index in [-0.39, 0.29) is 6.42 Å². The minimum atomic E-state index is -0.643. The number of hydrogen-bond donors (Lipinski definition) is 0. The summed E-state index contributed by atoms with van der Waals surface area (Å²) in [4.78, 5) is 0. The van der Waals surface area contributed by atoms with Crippen molar-refractivity contribution in [2.75, 3.05) is 0 Å². The smallest absolute Gasteiger partial charge is 0.0795 e. The van der Waals surface area contributed by atoms with E-state index in [4.69, 9.17) is 56.9 Å². The molecule has 0 aromatic heterocycles. The van der Waals surface area contributed by atoms with Crippen LogP contribution in [0.5, 0.6) is 0 Å². The van der Waals surface area contributed by atoms with Gasteiger partial charge in [0, 0.05) is 31.2 Å². The van der Waals surface area contributed by atoms with Gasteiger partial charge in [-0.1, -0.05) is 58.5 Å². The molecule has 2 nitrogen and oxygen atoms in total. The lowest BCUT2D eigenvalue weighted by Gasteiger charge is -2.18. The average molecular weight is 400 g/mol. The van der Waals surface area contributed by atoms with Gasteiger partial charge in [0.1, 0.15) is 0 Å². The molecule has 0 atom stereocenters. The molecule has 2 rings (SSSR count). The van der Waals surface area contributed by atoms with E-state index < -0.39 is 5.41 Å². The van der Waals surface area contributed by atoms with Crippen LogP contribution in [0.15, 0.2) is 36.4 Å². The molecule has 6 heteroatoms. The van der Waals surface area contributed by atoms with Crippen LogP contribution in [0.2, 0.25) is 20.1 Å². The van der Waals surface area contributed by atoms with Crippen LogP contribution >= 0.6 is 46.4 Å². The highest BCUT2D eigenvalue weighted by atomic mass is 35.5. The standard InChI is InChI=1S/C10H9Cl2N.C8H5Cl2N/c1-10(2,6-13)9-7(11)4-3-5-8(9)12;9-7-2-1-3-8(10)6(7)4-5-11/h3-5H,1-2H3;1-3H,4H2. The van der Waals surface area contributed by atoms with Crippen molar-refractivity contribution in [2.24, 2.45) is 0 Å². The van der Waals surface area contributed by atoms with Gasteiger partial charge in [0.05, 0.1) is 24.0 Å². The van der Waals surface area contributed by atoms with E-state index in [1.165, 1.54) is 0 Å². The first-order valence-electron chi connectivity index (χ1n) is 6.90. The molecule has 0 amide bonds. The predicted octanol–water partition coefficient (Wildman–Crippen LogP) is 6.85. The molecule has 0 bridgehead atoms. The van der Waals surface area contributed by atoms with Crippen molar-refractivity contribution < 1.29 is 0 Å². The third kappa shape index (κ3) is 5.30. The lowest BCUT2D eigenvalue weighted by atomic mass is 9.86. The molecule has 0 saturated carbocycles. The van der Waals surface area contributed by atoms with Gasteiger partial charge in [-0.2, -0.15) is 10.5 Å². The summed E-state index contributed by atoms with van der Waals surface area (Å²) in [7, 11) is 0. The van der Waals surface area contributed by atoms with E-state index in [2.05, 4.69) is 6.07 Å². The number of halogens is 4. The van der Waals surface area contributed by atoms with Gasteiger partial charge in [0.2, 0.25) is 0 Å². The molecule has 0 spiro atoms. The molecule has 0 aliphatic rings. The fourth-order valence-electron chi connectivity index (χ4n) is 1.93. The van der Waals surface area contributed by atoms with E-state index in [1.807, 2.05) is 6.07 Å². The molecular weight excluding hydrogens is 386 g/mol. The summed E-state index contributed by atoms with van der Waals surface area (Å²) in [5.41, 5.74) is 0.759. The molecule has 0 aliphatic heterocycles. The Morgan fingerprint density at radius 3 is 1.62 bits per heavy atom. The second kappa shape index (κ2) is 9.16. The molecule has 124 valence electrons. The second-order valence-corrected chi connectivity index (χ2v) is 7.00. The van der Waals surface area contributed by atoms with Crippen LogP contribution in [0.25, 0.3) is 0 Å². The minimum Gasteiger partial charge on any atom is -0.198 e. The van der Waals surface area contributed by atoms with Gasteiger partial charge in [-0.3, -0.25) is 0 Å². The lowest BCUT2D eigenvalue weighted by Crippen LogP contribution is -2.15. The Kier molecular flexibility index (Phi) is 7.88. The number of rotatable bonds is 2. The van der Waals surface area contributed by atoms with E-state index in [0.717, 1.165) is 0 Å². The Labute approximate surface area is 162 Å². The summed E-state index contributed by atoms with van der Waals surface area (Å²) < 4.78 is 0. The van der Waals surface area contributed by atoms with Crippen molar-refractivity contribution >= 4 is 46.4 Å². The van der Waals surface area contributed by atoms with Gasteiger partial charge >= 0.3 is 0 Å². The Bertz CT molecular complexity index is 761. The van der Waals surface area contributed by atoms with E-state index in [0.29, 0.717) is 31.2 Å². The van der Waals surface area contributed by atoms with E-state index in [9.17, 15) is 0 Å². The van der Waals surface area contributed by atoms with E-state index >= 15 is 0 Å². The molecule has 0 saturated heterocycles. The molecule has 0 fully saturated rings. The van der Waals surface area contributed by atoms with Crippen LogP contribution in [0.3, 0.4) is 0 Å². The third-order valence-electron chi connectivity index (χ3n) is 3.18. The number of hydrogen-bond acceptors (Lipinski definition) is 2. The molecule has 0 aliphatic carbocycles. The number of nitrogens with zero attached hydrogens (tertiary/aromatic N) is 2. The third-order valence-corrected chi connectivity index (χ3v) is 4.52. The summed E-state index contributed by atoms with van der Waals surface area (Å²) in [6.45, 7) is 3.58.